The molecule has 2 heterocycles. The summed E-state index contributed by atoms with van der Waals surface area (Å²) in [5.41, 5.74) is 2.14. The van der Waals surface area contributed by atoms with E-state index in [1.54, 1.807) is 6.08 Å². The zero-order valence-corrected chi connectivity index (χ0v) is 16.7. The molecule has 0 unspecified atom stereocenters. The summed E-state index contributed by atoms with van der Waals surface area (Å²) in [5, 5.41) is 0. The van der Waals surface area contributed by atoms with Crippen LogP contribution in [0.3, 0.4) is 0 Å². The van der Waals surface area contributed by atoms with Gasteiger partial charge in [0.1, 0.15) is 11.6 Å². The van der Waals surface area contributed by atoms with Crippen molar-refractivity contribution in [2.45, 2.75) is 31.7 Å². The molecule has 1 fully saturated rings. The van der Waals surface area contributed by atoms with Crippen LogP contribution in [0.2, 0.25) is 0 Å². The number of para-hydroxylation sites is 3. The fourth-order valence-electron chi connectivity index (χ4n) is 4.00. The van der Waals surface area contributed by atoms with E-state index in [-0.39, 0.29) is 11.8 Å². The molecule has 0 radical (unpaired) electrons. The van der Waals surface area contributed by atoms with Crippen LogP contribution in [0.1, 0.15) is 31.0 Å². The Hall–Kier alpha value is -3.08. The molecule has 1 saturated heterocycles. The number of benzene rings is 2. The summed E-state index contributed by atoms with van der Waals surface area (Å²) in [4.78, 5) is 19.1. The highest BCUT2D eigenvalue weighted by molar-refractivity contribution is 5.81. The molecule has 0 bridgehead atoms. The van der Waals surface area contributed by atoms with Gasteiger partial charge in [-0.2, -0.15) is 0 Å². The Morgan fingerprint density at radius 2 is 1.90 bits per heavy atom. The van der Waals surface area contributed by atoms with Crippen LogP contribution in [0.25, 0.3) is 11.0 Å². The number of hydrogen-bond acceptors (Lipinski definition) is 3. The fourth-order valence-corrected chi connectivity index (χ4v) is 4.00. The minimum Gasteiger partial charge on any atom is -0.494 e. The van der Waals surface area contributed by atoms with Gasteiger partial charge in [0, 0.05) is 32.0 Å². The number of amides is 1. The molecule has 0 N–H and O–H groups in total. The molecule has 1 aliphatic heterocycles. The zero-order valence-electron chi connectivity index (χ0n) is 16.7. The summed E-state index contributed by atoms with van der Waals surface area (Å²) < 4.78 is 8.11. The van der Waals surface area contributed by atoms with Crippen LogP contribution >= 0.6 is 0 Å². The average Bonchev–Trinajstić information content (AvgIpc) is 3.29. The van der Waals surface area contributed by atoms with Crippen molar-refractivity contribution < 1.29 is 9.53 Å². The van der Waals surface area contributed by atoms with E-state index >= 15 is 0 Å². The lowest BCUT2D eigenvalue weighted by molar-refractivity contribution is -0.127. The van der Waals surface area contributed by atoms with Crippen molar-refractivity contribution in [1.29, 1.82) is 0 Å². The summed E-state index contributed by atoms with van der Waals surface area (Å²) in [5.74, 6) is 2.25. The summed E-state index contributed by atoms with van der Waals surface area (Å²) in [7, 11) is 0. The number of nitrogens with zero attached hydrogens (tertiary/aromatic N) is 3. The first kappa shape index (κ1) is 19.2. The van der Waals surface area contributed by atoms with Crippen LogP contribution in [0.4, 0.5) is 0 Å². The molecule has 0 aliphatic carbocycles. The van der Waals surface area contributed by atoms with Crippen LogP contribution < -0.4 is 4.74 Å². The molecular weight excluding hydrogens is 362 g/mol. The first-order valence-electron chi connectivity index (χ1n) is 10.3. The standard InChI is InChI=1S/C24H27N3O2/c1-2-14-26-18-19(17-23(26)28)24-25-21-12-6-7-13-22(21)27(24)15-8-9-16-29-20-10-4-3-5-11-20/h2-7,10-13,19H,1,8-9,14-18H2/t19-/m0/s1. The van der Waals surface area contributed by atoms with Crippen LogP contribution in [-0.4, -0.2) is 40.1 Å². The normalized spacial score (nSPS) is 16.5. The largest absolute Gasteiger partial charge is 0.494 e. The maximum Gasteiger partial charge on any atom is 0.223 e. The number of hydrogen-bond donors (Lipinski definition) is 0. The number of carbonyl (C=O) groups excluding carboxylic acids is 1. The molecule has 1 atom stereocenters. The molecule has 5 heteroatoms. The number of rotatable bonds is 9. The van der Waals surface area contributed by atoms with Crippen molar-refractivity contribution in [3.05, 3.63) is 73.1 Å². The van der Waals surface area contributed by atoms with E-state index in [0.29, 0.717) is 26.1 Å². The van der Waals surface area contributed by atoms with E-state index in [1.807, 2.05) is 53.4 Å². The third kappa shape index (κ3) is 4.34. The Kier molecular flexibility index (Phi) is 5.94. The molecule has 1 aliphatic rings. The number of unbranched alkanes of at least 4 members (excludes halogenated alkanes) is 1. The maximum atomic E-state index is 12.3. The highest BCUT2D eigenvalue weighted by Crippen LogP contribution is 2.30. The summed E-state index contributed by atoms with van der Waals surface area (Å²) in [6, 6.07) is 18.1. The number of carbonyl (C=O) groups is 1. The smallest absolute Gasteiger partial charge is 0.223 e. The van der Waals surface area contributed by atoms with Crippen LogP contribution in [0.15, 0.2) is 67.3 Å². The van der Waals surface area contributed by atoms with Gasteiger partial charge in [-0.15, -0.1) is 6.58 Å². The molecule has 3 aromatic rings. The van der Waals surface area contributed by atoms with E-state index < -0.39 is 0 Å². The number of aryl methyl sites for hydroxylation is 1. The quantitative estimate of drug-likeness (QED) is 0.403. The van der Waals surface area contributed by atoms with Crippen molar-refractivity contribution in [3.8, 4) is 5.75 Å². The van der Waals surface area contributed by atoms with Gasteiger partial charge in [-0.1, -0.05) is 36.4 Å². The highest BCUT2D eigenvalue weighted by Gasteiger charge is 2.33. The lowest BCUT2D eigenvalue weighted by atomic mass is 10.1. The predicted molar refractivity (Wildman–Crippen MR) is 115 cm³/mol. The number of aromatic nitrogens is 2. The Morgan fingerprint density at radius 3 is 2.72 bits per heavy atom. The van der Waals surface area contributed by atoms with E-state index in [1.165, 1.54) is 0 Å². The summed E-state index contributed by atoms with van der Waals surface area (Å²) in [6.45, 7) is 6.65. The van der Waals surface area contributed by atoms with Gasteiger partial charge in [0.15, 0.2) is 0 Å². The lowest BCUT2D eigenvalue weighted by Crippen LogP contribution is -2.25. The van der Waals surface area contributed by atoms with Gasteiger partial charge in [0.05, 0.1) is 17.6 Å². The minimum absolute atomic E-state index is 0.135. The SMILES string of the molecule is C=CCN1C[C@@H](c2nc3ccccc3n2CCCCOc2ccccc2)CC1=O. The van der Waals surface area contributed by atoms with E-state index in [9.17, 15) is 4.79 Å². The number of ether oxygens (including phenoxy) is 1. The monoisotopic (exact) mass is 389 g/mol. The third-order valence-corrected chi connectivity index (χ3v) is 5.40. The minimum atomic E-state index is 0.135. The zero-order chi connectivity index (χ0) is 20.1. The van der Waals surface area contributed by atoms with Crippen molar-refractivity contribution in [2.24, 2.45) is 0 Å². The van der Waals surface area contributed by atoms with Crippen molar-refractivity contribution in [3.63, 3.8) is 0 Å². The van der Waals surface area contributed by atoms with Gasteiger partial charge in [-0.3, -0.25) is 4.79 Å². The molecule has 0 saturated carbocycles. The molecule has 4 rings (SSSR count). The second-order valence-electron chi connectivity index (χ2n) is 7.47. The highest BCUT2D eigenvalue weighted by atomic mass is 16.5. The Morgan fingerprint density at radius 1 is 1.10 bits per heavy atom. The van der Waals surface area contributed by atoms with Gasteiger partial charge < -0.3 is 14.2 Å². The van der Waals surface area contributed by atoms with E-state index in [4.69, 9.17) is 9.72 Å². The molecule has 150 valence electrons. The van der Waals surface area contributed by atoms with Gasteiger partial charge in [0.2, 0.25) is 5.91 Å². The molecule has 2 aromatic carbocycles. The number of imidazole rings is 1. The number of fused-ring (bicyclic) bond motifs is 1. The molecule has 5 nitrogen and oxygen atoms in total. The molecular formula is C24H27N3O2. The molecule has 29 heavy (non-hydrogen) atoms. The predicted octanol–water partition coefficient (Wildman–Crippen LogP) is 4.40. The van der Waals surface area contributed by atoms with Crippen molar-refractivity contribution in [1.82, 2.24) is 14.5 Å². The molecule has 1 aromatic heterocycles. The third-order valence-electron chi connectivity index (χ3n) is 5.40. The van der Waals surface area contributed by atoms with E-state index in [0.717, 1.165) is 42.0 Å². The Bertz CT molecular complexity index is 980. The summed E-state index contributed by atoms with van der Waals surface area (Å²) >= 11 is 0. The van der Waals surface area contributed by atoms with Gasteiger partial charge in [0.25, 0.3) is 0 Å². The van der Waals surface area contributed by atoms with Crippen molar-refractivity contribution >= 4 is 16.9 Å². The van der Waals surface area contributed by atoms with Gasteiger partial charge in [-0.05, 0) is 37.1 Å². The van der Waals surface area contributed by atoms with Crippen molar-refractivity contribution in [2.75, 3.05) is 19.7 Å². The molecule has 0 spiro atoms. The second kappa shape index (κ2) is 8.95. The van der Waals surface area contributed by atoms with Crippen LogP contribution in [0.5, 0.6) is 5.75 Å². The van der Waals surface area contributed by atoms with Crippen LogP contribution in [0, 0.1) is 0 Å². The van der Waals surface area contributed by atoms with E-state index in [2.05, 4.69) is 17.2 Å². The first-order valence-corrected chi connectivity index (χ1v) is 10.3. The Labute approximate surface area is 171 Å². The maximum absolute atomic E-state index is 12.3. The topological polar surface area (TPSA) is 47.4 Å². The van der Waals surface area contributed by atoms with Gasteiger partial charge in [-0.25, -0.2) is 4.98 Å². The second-order valence-corrected chi connectivity index (χ2v) is 7.47. The Balaban J connectivity index is 1.44. The lowest BCUT2D eigenvalue weighted by Gasteiger charge is -2.15. The molecule has 1 amide bonds. The van der Waals surface area contributed by atoms with Crippen LogP contribution in [-0.2, 0) is 11.3 Å². The summed E-state index contributed by atoms with van der Waals surface area (Å²) in [6.07, 6.45) is 4.27. The number of likely N-dealkylation sites (tertiary alicyclic amines) is 1. The van der Waals surface area contributed by atoms with Gasteiger partial charge >= 0.3 is 0 Å². The average molecular weight is 389 g/mol. The first-order chi connectivity index (χ1) is 14.3. The fraction of sp³-hybridized carbons (Fsp3) is 0.333.